The molecule has 1 atom stereocenters. The van der Waals surface area contributed by atoms with Crippen LogP contribution in [-0.2, 0) is 28.6 Å². The van der Waals surface area contributed by atoms with E-state index in [0.29, 0.717) is 37.0 Å². The van der Waals surface area contributed by atoms with Crippen LogP contribution in [0.5, 0.6) is 0 Å². The molecule has 0 bridgehead atoms. The van der Waals surface area contributed by atoms with E-state index in [-0.39, 0.29) is 37.0 Å². The van der Waals surface area contributed by atoms with E-state index in [1.165, 1.54) is 0 Å². The van der Waals surface area contributed by atoms with E-state index in [1.54, 1.807) is 0 Å². The Balaban J connectivity index is 1.23. The molecule has 0 N–H and O–H groups in total. The van der Waals surface area contributed by atoms with Gasteiger partial charge in [0, 0.05) is 45.2 Å². The lowest BCUT2D eigenvalue weighted by Crippen LogP contribution is -2.33. The summed E-state index contributed by atoms with van der Waals surface area (Å²) in [5.41, 5.74) is 0. The molecule has 0 aromatic heterocycles. The summed E-state index contributed by atoms with van der Waals surface area (Å²) in [5.74, 6) is -0.586. The maximum atomic E-state index is 12.1. The second-order valence-electron chi connectivity index (χ2n) is 8.73. The number of rotatable bonds is 16. The van der Waals surface area contributed by atoms with Gasteiger partial charge in [-0.3, -0.25) is 18.9 Å². The Labute approximate surface area is 178 Å². The molecule has 3 rings (SSSR count). The monoisotopic (exact) mass is 426 g/mol. The minimum absolute atomic E-state index is 0.0201. The van der Waals surface area contributed by atoms with Crippen molar-refractivity contribution in [2.75, 3.05) is 78.8 Å². The van der Waals surface area contributed by atoms with Crippen LogP contribution < -0.4 is 0 Å². The lowest BCUT2D eigenvalue weighted by atomic mass is 10.1. The summed E-state index contributed by atoms with van der Waals surface area (Å²) in [5, 5.41) is 0. The molecule has 3 fully saturated rings. The van der Waals surface area contributed by atoms with Crippen molar-refractivity contribution in [1.29, 1.82) is 0 Å². The average Bonchev–Trinajstić information content (AvgIpc) is 3.61. The third-order valence-corrected chi connectivity index (χ3v) is 6.03. The molecule has 3 heterocycles. The van der Waals surface area contributed by atoms with Gasteiger partial charge in [0.15, 0.2) is 0 Å². The van der Waals surface area contributed by atoms with Crippen molar-refractivity contribution >= 4 is 17.9 Å². The second kappa shape index (κ2) is 11.1. The van der Waals surface area contributed by atoms with Crippen molar-refractivity contribution < 1.29 is 33.1 Å². The average molecular weight is 427 g/mol. The molecule has 170 valence electrons. The molecule has 30 heavy (non-hydrogen) atoms. The van der Waals surface area contributed by atoms with E-state index in [0.717, 1.165) is 58.8 Å². The summed E-state index contributed by atoms with van der Waals surface area (Å²) < 4.78 is 16.7. The van der Waals surface area contributed by atoms with Crippen LogP contribution in [0.3, 0.4) is 0 Å². The third-order valence-electron chi connectivity index (χ3n) is 6.03. The zero-order valence-electron chi connectivity index (χ0n) is 18.2. The molecule has 0 radical (unpaired) electrons. The summed E-state index contributed by atoms with van der Waals surface area (Å²) in [7, 11) is 0. The predicted molar refractivity (Wildman–Crippen MR) is 108 cm³/mol. The standard InChI is InChI=1S/C21H36N3O6/c1-2-18(15-28-19(25)3-6-22-8-9-22)16-29-21(27)5-12-24(13-14-24)17-30-20(26)4-7-23-10-11-23/h18H,2-17H2,1H3/q+1. The lowest BCUT2D eigenvalue weighted by molar-refractivity contribution is -0.819. The van der Waals surface area contributed by atoms with Crippen molar-refractivity contribution in [3.8, 4) is 0 Å². The van der Waals surface area contributed by atoms with Crippen LogP contribution in [0, 0.1) is 5.92 Å². The highest BCUT2D eigenvalue weighted by molar-refractivity contribution is 5.70. The Morgan fingerprint density at radius 3 is 1.77 bits per heavy atom. The summed E-state index contributed by atoms with van der Waals surface area (Å²) >= 11 is 0. The smallest absolute Gasteiger partial charge is 0.311 e. The van der Waals surface area contributed by atoms with E-state index in [9.17, 15) is 14.4 Å². The van der Waals surface area contributed by atoms with Gasteiger partial charge in [-0.05, 0) is 6.42 Å². The Bertz CT molecular complexity index is 602. The fourth-order valence-corrected chi connectivity index (χ4v) is 3.11. The summed E-state index contributed by atoms with van der Waals surface area (Å²) in [6.07, 6.45) is 1.93. The molecule has 1 unspecified atom stereocenters. The van der Waals surface area contributed by atoms with Gasteiger partial charge < -0.3 is 24.0 Å². The van der Waals surface area contributed by atoms with Gasteiger partial charge in [-0.1, -0.05) is 6.92 Å². The van der Waals surface area contributed by atoms with E-state index in [2.05, 4.69) is 9.80 Å². The number of carbonyl (C=O) groups is 3. The topological polar surface area (TPSA) is 84.9 Å². The molecule has 3 saturated heterocycles. The largest absolute Gasteiger partial charge is 0.465 e. The number of ether oxygens (including phenoxy) is 3. The highest BCUT2D eigenvalue weighted by atomic mass is 16.6. The van der Waals surface area contributed by atoms with Crippen LogP contribution in [0.2, 0.25) is 0 Å². The zero-order valence-corrected chi connectivity index (χ0v) is 18.2. The first-order valence-electron chi connectivity index (χ1n) is 11.2. The van der Waals surface area contributed by atoms with Gasteiger partial charge in [-0.25, -0.2) is 0 Å². The Morgan fingerprint density at radius 2 is 1.30 bits per heavy atom. The number of hydrogen-bond donors (Lipinski definition) is 0. The van der Waals surface area contributed by atoms with Gasteiger partial charge in [-0.15, -0.1) is 0 Å². The normalized spacial score (nSPS) is 20.3. The Kier molecular flexibility index (Phi) is 8.47. The van der Waals surface area contributed by atoms with Gasteiger partial charge in [0.1, 0.15) is 13.1 Å². The molecule has 3 aliphatic rings. The first kappa shape index (κ1) is 23.0. The highest BCUT2D eigenvalue weighted by Gasteiger charge is 2.43. The van der Waals surface area contributed by atoms with Crippen LogP contribution in [0.25, 0.3) is 0 Å². The number of carbonyl (C=O) groups excluding carboxylic acids is 3. The second-order valence-corrected chi connectivity index (χ2v) is 8.73. The zero-order chi connectivity index (χ0) is 21.4. The summed E-state index contributed by atoms with van der Waals surface area (Å²) in [4.78, 5) is 40.0. The third kappa shape index (κ3) is 8.97. The van der Waals surface area contributed by atoms with Crippen LogP contribution in [0.4, 0.5) is 0 Å². The van der Waals surface area contributed by atoms with Crippen LogP contribution in [-0.4, -0.2) is 111 Å². The van der Waals surface area contributed by atoms with Crippen molar-refractivity contribution in [3.05, 3.63) is 0 Å². The molecule has 0 spiro atoms. The molecule has 9 nitrogen and oxygen atoms in total. The van der Waals surface area contributed by atoms with Crippen molar-refractivity contribution in [1.82, 2.24) is 9.80 Å². The van der Waals surface area contributed by atoms with Gasteiger partial charge in [-0.2, -0.15) is 0 Å². The molecule has 0 saturated carbocycles. The van der Waals surface area contributed by atoms with Gasteiger partial charge in [0.2, 0.25) is 6.73 Å². The highest BCUT2D eigenvalue weighted by Crippen LogP contribution is 2.22. The van der Waals surface area contributed by atoms with Crippen LogP contribution >= 0.6 is 0 Å². The number of esters is 3. The number of quaternary nitrogens is 1. The first-order valence-corrected chi connectivity index (χ1v) is 11.2. The van der Waals surface area contributed by atoms with Crippen molar-refractivity contribution in [2.45, 2.75) is 32.6 Å². The fourth-order valence-electron chi connectivity index (χ4n) is 3.11. The van der Waals surface area contributed by atoms with Crippen molar-refractivity contribution in [2.24, 2.45) is 5.92 Å². The first-order chi connectivity index (χ1) is 14.5. The molecular formula is C21H36N3O6+. The van der Waals surface area contributed by atoms with E-state index in [4.69, 9.17) is 14.2 Å². The molecule has 9 heteroatoms. The molecular weight excluding hydrogens is 390 g/mol. The molecule has 0 amide bonds. The maximum absolute atomic E-state index is 12.1. The molecule has 0 aromatic rings. The van der Waals surface area contributed by atoms with Crippen LogP contribution in [0.1, 0.15) is 32.6 Å². The predicted octanol–water partition coefficient (Wildman–Crippen LogP) is 0.232. The minimum Gasteiger partial charge on any atom is -0.465 e. The maximum Gasteiger partial charge on any atom is 0.311 e. The number of nitrogens with zero attached hydrogens (tertiary/aromatic N) is 3. The van der Waals surface area contributed by atoms with Crippen molar-refractivity contribution in [3.63, 3.8) is 0 Å². The molecule has 3 aliphatic heterocycles. The van der Waals surface area contributed by atoms with E-state index >= 15 is 0 Å². The lowest BCUT2D eigenvalue weighted by Gasteiger charge is -2.19. The van der Waals surface area contributed by atoms with E-state index in [1.807, 2.05) is 6.92 Å². The number of hydrogen-bond acceptors (Lipinski definition) is 8. The quantitative estimate of drug-likeness (QED) is 0.150. The van der Waals surface area contributed by atoms with Gasteiger partial charge >= 0.3 is 17.9 Å². The summed E-state index contributed by atoms with van der Waals surface area (Å²) in [6, 6.07) is 0. The van der Waals surface area contributed by atoms with Crippen LogP contribution in [0.15, 0.2) is 0 Å². The summed E-state index contributed by atoms with van der Waals surface area (Å²) in [6.45, 7) is 11.2. The van der Waals surface area contributed by atoms with Gasteiger partial charge in [0.05, 0.1) is 39.0 Å². The van der Waals surface area contributed by atoms with Gasteiger partial charge in [0.25, 0.3) is 0 Å². The Morgan fingerprint density at radius 1 is 0.800 bits per heavy atom. The molecule has 0 aromatic carbocycles. The SMILES string of the molecule is CCC(COC(=O)CCN1CC1)COC(=O)CC[N+]1(COC(=O)CCN2CC2)CC1. The molecule has 0 aliphatic carbocycles. The Hall–Kier alpha value is -1.71. The minimum atomic E-state index is -0.251. The fraction of sp³-hybridized carbons (Fsp3) is 0.857. The van der Waals surface area contributed by atoms with E-state index < -0.39 is 0 Å².